The number of aliphatic hydroxyl groups is 1. The second kappa shape index (κ2) is 10.5. The van der Waals surface area contributed by atoms with Gasteiger partial charge in [-0.3, -0.25) is 4.79 Å². The van der Waals surface area contributed by atoms with Crippen molar-refractivity contribution in [2.45, 2.75) is 32.9 Å². The van der Waals surface area contributed by atoms with Crippen LogP contribution in [0.25, 0.3) is 22.6 Å². The number of aromatic nitrogens is 3. The van der Waals surface area contributed by atoms with Gasteiger partial charge < -0.3 is 31.2 Å². The molecule has 2 aromatic carbocycles. The van der Waals surface area contributed by atoms with Crippen LogP contribution in [0.4, 0.5) is 11.4 Å². The van der Waals surface area contributed by atoms with Gasteiger partial charge in [-0.15, -0.1) is 0 Å². The first-order valence-electron chi connectivity index (χ1n) is 11.5. The van der Waals surface area contributed by atoms with E-state index in [9.17, 15) is 9.90 Å². The van der Waals surface area contributed by atoms with Gasteiger partial charge in [0.1, 0.15) is 17.1 Å². The molecule has 6 N–H and O–H groups in total. The Morgan fingerprint density at radius 2 is 2.00 bits per heavy atom. The number of imidazole rings is 1. The Bertz CT molecular complexity index is 1330. The standard InChI is InChI=1S/C26H30N6O3/c1-4-19-17(12-28-15(2)14-33)6-5-7-21(19)30-22-20(24(27)34)13-29-26-23(22)31-25(32-26)16-8-10-18(35-3)11-9-16/h5-11,13,15,28,33H,4,12,14H2,1-3H3,(H2,27,34)(H2,29,30,31,32). The quantitative estimate of drug-likeness (QED) is 0.237. The number of aromatic amines is 1. The number of rotatable bonds is 10. The number of aliphatic hydroxyl groups excluding tert-OH is 1. The molecule has 0 saturated carbocycles. The van der Waals surface area contributed by atoms with Gasteiger partial charge in [-0.2, -0.15) is 0 Å². The zero-order valence-electron chi connectivity index (χ0n) is 20.1. The molecule has 0 fully saturated rings. The molecule has 4 aromatic rings. The number of carbonyl (C=O) groups is 1. The summed E-state index contributed by atoms with van der Waals surface area (Å²) >= 11 is 0. The summed E-state index contributed by atoms with van der Waals surface area (Å²) in [6.07, 6.45) is 2.22. The molecule has 0 saturated heterocycles. The number of benzene rings is 2. The molecule has 0 aliphatic heterocycles. The lowest BCUT2D eigenvalue weighted by Gasteiger charge is -2.18. The number of pyridine rings is 1. The van der Waals surface area contributed by atoms with Gasteiger partial charge >= 0.3 is 0 Å². The number of ether oxygens (including phenoxy) is 1. The highest BCUT2D eigenvalue weighted by molar-refractivity contribution is 6.06. The second-order valence-electron chi connectivity index (χ2n) is 8.31. The molecule has 9 nitrogen and oxygen atoms in total. The van der Waals surface area contributed by atoms with Gasteiger partial charge in [-0.1, -0.05) is 19.1 Å². The minimum absolute atomic E-state index is 0.0148. The fourth-order valence-corrected chi connectivity index (χ4v) is 3.98. The minimum Gasteiger partial charge on any atom is -0.497 e. The molecule has 9 heteroatoms. The predicted molar refractivity (Wildman–Crippen MR) is 137 cm³/mol. The van der Waals surface area contributed by atoms with Crippen LogP contribution in [0.5, 0.6) is 5.75 Å². The van der Waals surface area contributed by atoms with Gasteiger partial charge in [0.15, 0.2) is 5.65 Å². The van der Waals surface area contributed by atoms with E-state index >= 15 is 0 Å². The number of fused-ring (bicyclic) bond motifs is 1. The number of hydrogen-bond acceptors (Lipinski definition) is 7. The molecule has 2 heterocycles. The van der Waals surface area contributed by atoms with E-state index in [2.05, 4.69) is 38.6 Å². The number of H-pyrrole nitrogens is 1. The van der Waals surface area contributed by atoms with Crippen LogP contribution in [0.15, 0.2) is 48.7 Å². The van der Waals surface area contributed by atoms with Gasteiger partial charge in [0.05, 0.1) is 25.0 Å². The number of hydrogen-bond donors (Lipinski definition) is 5. The van der Waals surface area contributed by atoms with Crippen molar-refractivity contribution >= 4 is 28.4 Å². The van der Waals surface area contributed by atoms with Crippen LogP contribution in [0.2, 0.25) is 0 Å². The third-order valence-electron chi connectivity index (χ3n) is 5.95. The Morgan fingerprint density at radius 3 is 2.66 bits per heavy atom. The average Bonchev–Trinajstić information content (AvgIpc) is 3.32. The zero-order valence-corrected chi connectivity index (χ0v) is 20.1. The zero-order chi connectivity index (χ0) is 24.9. The molecule has 2 aromatic heterocycles. The number of carbonyl (C=O) groups excluding carboxylic acids is 1. The van der Waals surface area contributed by atoms with E-state index in [4.69, 9.17) is 10.5 Å². The molecule has 0 radical (unpaired) electrons. The van der Waals surface area contributed by atoms with Crippen LogP contribution in [0.3, 0.4) is 0 Å². The second-order valence-corrected chi connectivity index (χ2v) is 8.31. The van der Waals surface area contributed by atoms with E-state index in [1.807, 2.05) is 43.3 Å². The van der Waals surface area contributed by atoms with Gasteiger partial charge in [-0.25, -0.2) is 9.97 Å². The van der Waals surface area contributed by atoms with Gasteiger partial charge in [0.2, 0.25) is 0 Å². The van der Waals surface area contributed by atoms with E-state index in [1.165, 1.54) is 6.20 Å². The van der Waals surface area contributed by atoms with Crippen molar-refractivity contribution in [3.8, 4) is 17.1 Å². The number of anilines is 2. The van der Waals surface area contributed by atoms with Crippen molar-refractivity contribution < 1.29 is 14.6 Å². The summed E-state index contributed by atoms with van der Waals surface area (Å²) in [6.45, 7) is 4.68. The Kier molecular flexibility index (Phi) is 7.28. The lowest BCUT2D eigenvalue weighted by molar-refractivity contribution is 0.100. The maximum atomic E-state index is 12.3. The highest BCUT2D eigenvalue weighted by Crippen LogP contribution is 2.32. The number of amides is 1. The Balaban J connectivity index is 1.77. The third-order valence-corrected chi connectivity index (χ3v) is 5.95. The van der Waals surface area contributed by atoms with Crippen molar-refractivity contribution in [2.75, 3.05) is 19.0 Å². The molecule has 0 spiro atoms. The average molecular weight is 475 g/mol. The lowest BCUT2D eigenvalue weighted by atomic mass is 10.0. The van der Waals surface area contributed by atoms with Crippen LogP contribution in [0, 0.1) is 0 Å². The number of nitrogens with zero attached hydrogens (tertiary/aromatic N) is 2. The monoisotopic (exact) mass is 474 g/mol. The Labute approximate surface area is 203 Å². The summed E-state index contributed by atoms with van der Waals surface area (Å²) in [7, 11) is 1.62. The highest BCUT2D eigenvalue weighted by atomic mass is 16.5. The number of nitrogens with two attached hydrogens (primary N) is 1. The van der Waals surface area contributed by atoms with E-state index in [0.717, 1.165) is 34.5 Å². The molecule has 1 amide bonds. The van der Waals surface area contributed by atoms with E-state index < -0.39 is 5.91 Å². The Morgan fingerprint density at radius 1 is 1.23 bits per heavy atom. The van der Waals surface area contributed by atoms with Crippen LogP contribution < -0.4 is 21.1 Å². The van der Waals surface area contributed by atoms with Crippen molar-refractivity contribution in [2.24, 2.45) is 5.73 Å². The molecule has 0 aliphatic rings. The van der Waals surface area contributed by atoms with E-state index in [-0.39, 0.29) is 18.2 Å². The smallest absolute Gasteiger partial charge is 0.252 e. The molecule has 4 rings (SSSR count). The van der Waals surface area contributed by atoms with Crippen molar-refractivity contribution in [1.82, 2.24) is 20.3 Å². The summed E-state index contributed by atoms with van der Waals surface area (Å²) in [5.41, 5.74) is 11.5. The van der Waals surface area contributed by atoms with Gasteiger partial charge in [-0.05, 0) is 54.8 Å². The van der Waals surface area contributed by atoms with Crippen molar-refractivity contribution in [3.63, 3.8) is 0 Å². The first-order valence-corrected chi connectivity index (χ1v) is 11.5. The lowest BCUT2D eigenvalue weighted by Crippen LogP contribution is -2.29. The fraction of sp³-hybridized carbons (Fsp3) is 0.269. The fourth-order valence-electron chi connectivity index (χ4n) is 3.98. The minimum atomic E-state index is -0.588. The van der Waals surface area contributed by atoms with Gasteiger partial charge in [0, 0.05) is 30.0 Å². The normalized spacial score (nSPS) is 12.0. The molecular formula is C26H30N6O3. The van der Waals surface area contributed by atoms with E-state index in [0.29, 0.717) is 29.2 Å². The van der Waals surface area contributed by atoms with Crippen LogP contribution in [-0.4, -0.2) is 45.7 Å². The van der Waals surface area contributed by atoms with Crippen LogP contribution in [-0.2, 0) is 13.0 Å². The molecule has 0 aliphatic carbocycles. The van der Waals surface area contributed by atoms with Crippen LogP contribution >= 0.6 is 0 Å². The summed E-state index contributed by atoms with van der Waals surface area (Å²) in [4.78, 5) is 24.6. The third kappa shape index (κ3) is 5.11. The predicted octanol–water partition coefficient (Wildman–Crippen LogP) is 3.51. The molecular weight excluding hydrogens is 444 g/mol. The topological polar surface area (TPSA) is 138 Å². The number of methoxy groups -OCH3 is 1. The van der Waals surface area contributed by atoms with E-state index in [1.54, 1.807) is 7.11 Å². The Hall–Kier alpha value is -3.95. The van der Waals surface area contributed by atoms with Crippen LogP contribution in [0.1, 0.15) is 35.3 Å². The molecule has 1 atom stereocenters. The maximum Gasteiger partial charge on any atom is 0.252 e. The summed E-state index contributed by atoms with van der Waals surface area (Å²) < 4.78 is 5.24. The van der Waals surface area contributed by atoms with Gasteiger partial charge in [0.25, 0.3) is 5.91 Å². The van der Waals surface area contributed by atoms with Crippen molar-refractivity contribution in [3.05, 3.63) is 65.4 Å². The van der Waals surface area contributed by atoms with Crippen molar-refractivity contribution in [1.29, 1.82) is 0 Å². The highest BCUT2D eigenvalue weighted by Gasteiger charge is 2.19. The first kappa shape index (κ1) is 24.2. The number of nitrogens with one attached hydrogen (secondary N) is 3. The largest absolute Gasteiger partial charge is 0.497 e. The molecule has 182 valence electrons. The molecule has 0 bridgehead atoms. The SMILES string of the molecule is CCc1c(CNC(C)CO)cccc1Nc1c(C(N)=O)cnc2nc(-c3ccc(OC)cc3)[nH]c12. The number of primary amides is 1. The summed E-state index contributed by atoms with van der Waals surface area (Å²) in [5.74, 6) is 0.776. The summed E-state index contributed by atoms with van der Waals surface area (Å²) in [6, 6.07) is 13.5. The maximum absolute atomic E-state index is 12.3. The first-order chi connectivity index (χ1) is 16.9. The summed E-state index contributed by atoms with van der Waals surface area (Å²) in [5, 5.41) is 16.1. The molecule has 35 heavy (non-hydrogen) atoms. The molecule has 1 unspecified atom stereocenters.